The number of carbonyl (C=O) groups is 1. The summed E-state index contributed by atoms with van der Waals surface area (Å²) in [6, 6.07) is 15.1. The number of nitrogens with one attached hydrogen (secondary N) is 1. The highest BCUT2D eigenvalue weighted by molar-refractivity contribution is 9.10. The minimum Gasteiger partial charge on any atom is -0.321 e. The maximum Gasteiger partial charge on any atom is 0.417 e. The van der Waals surface area contributed by atoms with Crippen molar-refractivity contribution in [3.63, 3.8) is 0 Å². The number of anilines is 1. The monoisotopic (exact) mass is 420 g/mol. The molecule has 3 rings (SSSR count). The van der Waals surface area contributed by atoms with Crippen molar-refractivity contribution in [2.75, 3.05) is 5.32 Å². The van der Waals surface area contributed by atoms with E-state index in [1.807, 2.05) is 0 Å². The molecule has 132 valence electrons. The van der Waals surface area contributed by atoms with Crippen molar-refractivity contribution in [1.82, 2.24) is 4.98 Å². The van der Waals surface area contributed by atoms with Crippen LogP contribution in [0.1, 0.15) is 15.9 Å². The fourth-order valence-electron chi connectivity index (χ4n) is 2.53. The lowest BCUT2D eigenvalue weighted by molar-refractivity contribution is -0.137. The molecular formula is C19H12BrF3N2O. The smallest absolute Gasteiger partial charge is 0.321 e. The highest BCUT2D eigenvalue weighted by Crippen LogP contribution is 2.33. The fraction of sp³-hybridized carbons (Fsp3) is 0.0526. The Morgan fingerprint density at radius 2 is 1.69 bits per heavy atom. The molecule has 2 aromatic carbocycles. The van der Waals surface area contributed by atoms with Crippen LogP contribution in [0.15, 0.2) is 71.5 Å². The molecule has 0 spiro atoms. The van der Waals surface area contributed by atoms with Crippen LogP contribution in [-0.2, 0) is 6.18 Å². The van der Waals surface area contributed by atoms with E-state index in [1.54, 1.807) is 42.6 Å². The molecule has 26 heavy (non-hydrogen) atoms. The number of benzene rings is 2. The van der Waals surface area contributed by atoms with Crippen LogP contribution in [0.3, 0.4) is 0 Å². The number of carbonyl (C=O) groups excluding carboxylic acids is 1. The van der Waals surface area contributed by atoms with Gasteiger partial charge in [-0.15, -0.1) is 0 Å². The summed E-state index contributed by atoms with van der Waals surface area (Å²) in [7, 11) is 0. The summed E-state index contributed by atoms with van der Waals surface area (Å²) in [6.07, 6.45) is -3.01. The van der Waals surface area contributed by atoms with E-state index < -0.39 is 23.2 Å². The molecule has 1 amide bonds. The first-order valence-corrected chi connectivity index (χ1v) is 8.34. The molecule has 0 aliphatic heterocycles. The third-order valence-corrected chi connectivity index (χ3v) is 4.12. The number of rotatable bonds is 3. The summed E-state index contributed by atoms with van der Waals surface area (Å²) >= 11 is 3.28. The van der Waals surface area contributed by atoms with Crippen LogP contribution < -0.4 is 5.32 Å². The molecule has 0 saturated heterocycles. The fourth-order valence-corrected chi connectivity index (χ4v) is 2.90. The summed E-state index contributed by atoms with van der Waals surface area (Å²) in [6.45, 7) is 0. The number of aromatic nitrogens is 1. The number of pyridine rings is 1. The minimum atomic E-state index is -4.61. The number of halogens is 4. The van der Waals surface area contributed by atoms with Crippen LogP contribution in [0.2, 0.25) is 0 Å². The van der Waals surface area contributed by atoms with E-state index in [4.69, 9.17) is 0 Å². The molecule has 0 atom stereocenters. The Labute approximate surface area is 156 Å². The molecule has 3 nitrogen and oxygen atoms in total. The average Bonchev–Trinajstić information content (AvgIpc) is 2.61. The van der Waals surface area contributed by atoms with Gasteiger partial charge in [-0.25, -0.2) is 4.98 Å². The van der Waals surface area contributed by atoms with Crippen LogP contribution in [0.25, 0.3) is 11.1 Å². The number of para-hydroxylation sites is 1. The first-order valence-electron chi connectivity index (χ1n) is 7.55. The summed E-state index contributed by atoms with van der Waals surface area (Å²) in [5.74, 6) is -0.821. The molecule has 0 aliphatic rings. The summed E-state index contributed by atoms with van der Waals surface area (Å²) < 4.78 is 40.0. The molecule has 1 heterocycles. The third-order valence-electron chi connectivity index (χ3n) is 3.69. The van der Waals surface area contributed by atoms with Gasteiger partial charge < -0.3 is 5.32 Å². The molecule has 0 aliphatic carbocycles. The zero-order valence-corrected chi connectivity index (χ0v) is 14.8. The van der Waals surface area contributed by atoms with E-state index in [0.29, 0.717) is 15.9 Å². The van der Waals surface area contributed by atoms with Crippen molar-refractivity contribution in [1.29, 1.82) is 0 Å². The Hall–Kier alpha value is -2.67. The van der Waals surface area contributed by atoms with Gasteiger partial charge in [-0.3, -0.25) is 4.79 Å². The van der Waals surface area contributed by atoms with Crippen molar-refractivity contribution in [3.05, 3.63) is 82.6 Å². The van der Waals surface area contributed by atoms with Crippen LogP contribution in [0, 0.1) is 0 Å². The summed E-state index contributed by atoms with van der Waals surface area (Å²) in [4.78, 5) is 16.5. The van der Waals surface area contributed by atoms with Gasteiger partial charge in [0.25, 0.3) is 5.91 Å². The zero-order valence-electron chi connectivity index (χ0n) is 13.2. The Morgan fingerprint density at radius 1 is 1.00 bits per heavy atom. The molecule has 0 saturated carbocycles. The van der Waals surface area contributed by atoms with Crippen molar-refractivity contribution >= 4 is 27.5 Å². The van der Waals surface area contributed by atoms with Crippen LogP contribution >= 0.6 is 15.9 Å². The van der Waals surface area contributed by atoms with Crippen molar-refractivity contribution in [2.24, 2.45) is 0 Å². The average molecular weight is 421 g/mol. The lowest BCUT2D eigenvalue weighted by Gasteiger charge is -2.15. The quantitative estimate of drug-likeness (QED) is 0.545. The van der Waals surface area contributed by atoms with E-state index in [9.17, 15) is 18.0 Å². The second kappa shape index (κ2) is 7.29. The van der Waals surface area contributed by atoms with Gasteiger partial charge in [0.05, 0.1) is 11.1 Å². The Balaban J connectivity index is 1.98. The molecule has 3 aromatic rings. The Bertz CT molecular complexity index is 957. The van der Waals surface area contributed by atoms with Crippen molar-refractivity contribution < 1.29 is 18.0 Å². The first kappa shape index (κ1) is 18.1. The Kier molecular flexibility index (Phi) is 5.08. The predicted octanol–water partition coefficient (Wildman–Crippen LogP) is 5.78. The van der Waals surface area contributed by atoms with Crippen molar-refractivity contribution in [2.45, 2.75) is 6.18 Å². The van der Waals surface area contributed by atoms with E-state index in [-0.39, 0.29) is 0 Å². The molecule has 7 heteroatoms. The largest absolute Gasteiger partial charge is 0.417 e. The van der Waals surface area contributed by atoms with Crippen molar-refractivity contribution in [3.8, 4) is 11.1 Å². The van der Waals surface area contributed by atoms with Gasteiger partial charge in [0.15, 0.2) is 0 Å². The lowest BCUT2D eigenvalue weighted by Crippen LogP contribution is -2.18. The molecular weight excluding hydrogens is 409 g/mol. The van der Waals surface area contributed by atoms with E-state index in [0.717, 1.165) is 17.7 Å². The minimum absolute atomic E-state index is 0.410. The number of amides is 1. The van der Waals surface area contributed by atoms with Gasteiger partial charge in [-0.05, 0) is 51.8 Å². The molecule has 0 bridgehead atoms. The maximum absolute atomic E-state index is 13.1. The second-order valence-corrected chi connectivity index (χ2v) is 6.22. The SMILES string of the molecule is O=C(Nc1ccccc1-c1ccnc(Br)c1)c1ccccc1C(F)(F)F. The van der Waals surface area contributed by atoms with Crippen LogP contribution in [0.4, 0.5) is 18.9 Å². The molecule has 0 unspecified atom stereocenters. The summed E-state index contributed by atoms with van der Waals surface area (Å²) in [5, 5.41) is 2.58. The number of hydrogen-bond donors (Lipinski definition) is 1. The highest BCUT2D eigenvalue weighted by Gasteiger charge is 2.34. The maximum atomic E-state index is 13.1. The van der Waals surface area contributed by atoms with Gasteiger partial charge in [0, 0.05) is 17.4 Å². The lowest BCUT2D eigenvalue weighted by atomic mass is 10.0. The van der Waals surface area contributed by atoms with Crippen LogP contribution in [0.5, 0.6) is 0 Å². The van der Waals surface area contributed by atoms with Gasteiger partial charge in [0.1, 0.15) is 4.60 Å². The highest BCUT2D eigenvalue weighted by atomic mass is 79.9. The number of alkyl halides is 3. The zero-order chi connectivity index (χ0) is 18.7. The van der Waals surface area contributed by atoms with E-state index in [2.05, 4.69) is 26.2 Å². The van der Waals surface area contributed by atoms with Gasteiger partial charge in [-0.1, -0.05) is 30.3 Å². The number of nitrogens with zero attached hydrogens (tertiary/aromatic N) is 1. The van der Waals surface area contributed by atoms with E-state index >= 15 is 0 Å². The van der Waals surface area contributed by atoms with Gasteiger partial charge in [-0.2, -0.15) is 13.2 Å². The van der Waals surface area contributed by atoms with Crippen LogP contribution in [-0.4, -0.2) is 10.9 Å². The van der Waals surface area contributed by atoms with E-state index in [1.165, 1.54) is 12.1 Å². The molecule has 0 radical (unpaired) electrons. The molecule has 0 fully saturated rings. The molecule has 1 N–H and O–H groups in total. The third kappa shape index (κ3) is 3.94. The van der Waals surface area contributed by atoms with Gasteiger partial charge >= 0.3 is 6.18 Å². The normalized spacial score (nSPS) is 11.2. The second-order valence-electron chi connectivity index (χ2n) is 5.41. The summed E-state index contributed by atoms with van der Waals surface area (Å²) in [5.41, 5.74) is 0.459. The van der Waals surface area contributed by atoms with Gasteiger partial charge in [0.2, 0.25) is 0 Å². The topological polar surface area (TPSA) is 42.0 Å². The standard InChI is InChI=1S/C19H12BrF3N2O/c20-17-11-12(9-10-24-17)13-5-2-4-8-16(13)25-18(26)14-6-1-3-7-15(14)19(21,22)23/h1-11H,(H,25,26). The molecule has 1 aromatic heterocycles. The number of hydrogen-bond acceptors (Lipinski definition) is 2. The predicted molar refractivity (Wildman–Crippen MR) is 96.8 cm³/mol. The Morgan fingerprint density at radius 3 is 2.42 bits per heavy atom. The first-order chi connectivity index (χ1) is 12.4.